The molecule has 0 saturated heterocycles. The first-order chi connectivity index (χ1) is 14.3. The molecule has 0 aromatic carbocycles. The Morgan fingerprint density at radius 3 is 1.24 bits per heavy atom. The zero-order chi connectivity index (χ0) is 21.3. The van der Waals surface area contributed by atoms with Crippen molar-refractivity contribution in [3.63, 3.8) is 0 Å². The molecule has 0 aromatic heterocycles. The highest BCUT2D eigenvalue weighted by atomic mass is 17.2. The van der Waals surface area contributed by atoms with Gasteiger partial charge in [0.25, 0.3) is 0 Å². The summed E-state index contributed by atoms with van der Waals surface area (Å²) in [5.41, 5.74) is 0. The number of carbonyl (C=O) groups is 1. The second-order valence-corrected chi connectivity index (χ2v) is 8.74. The molecule has 29 heavy (non-hydrogen) atoms. The number of carbonyl (C=O) groups excluding carboxylic acids is 1. The lowest BCUT2D eigenvalue weighted by molar-refractivity contribution is -0.272. The molecule has 0 rings (SSSR count). The van der Waals surface area contributed by atoms with E-state index >= 15 is 0 Å². The maximum Gasteiger partial charge on any atom is 0.342 e. The molecule has 0 bridgehead atoms. The van der Waals surface area contributed by atoms with E-state index in [-0.39, 0.29) is 5.97 Å². The fourth-order valence-corrected chi connectivity index (χ4v) is 3.73. The Morgan fingerprint density at radius 2 is 0.828 bits per heavy atom. The lowest BCUT2D eigenvalue weighted by Crippen LogP contribution is -2.06. The third-order valence-corrected chi connectivity index (χ3v) is 5.72. The summed E-state index contributed by atoms with van der Waals surface area (Å²) in [6.45, 7) is 5.04. The predicted molar refractivity (Wildman–Crippen MR) is 125 cm³/mol. The van der Waals surface area contributed by atoms with E-state index in [1.165, 1.54) is 109 Å². The molecule has 0 atom stereocenters. The van der Waals surface area contributed by atoms with Crippen molar-refractivity contribution >= 4 is 5.97 Å². The van der Waals surface area contributed by atoms with Crippen molar-refractivity contribution in [2.45, 2.75) is 155 Å². The molecule has 0 unspecified atom stereocenters. The van der Waals surface area contributed by atoms with Crippen molar-refractivity contribution in [2.75, 3.05) is 6.61 Å². The SMILES string of the molecule is CCCCCCCCCCCCCCCCCC(=O)OOCCCCCCCC. The molecule has 3 heteroatoms. The number of unbranched alkanes of at least 4 members (excludes halogenated alkanes) is 19. The van der Waals surface area contributed by atoms with Gasteiger partial charge in [-0.1, -0.05) is 136 Å². The summed E-state index contributed by atoms with van der Waals surface area (Å²) in [5, 5.41) is 0. The molecule has 0 radical (unpaired) electrons. The van der Waals surface area contributed by atoms with Crippen molar-refractivity contribution in [3.8, 4) is 0 Å². The average Bonchev–Trinajstić information content (AvgIpc) is 2.72. The molecule has 0 aliphatic carbocycles. The van der Waals surface area contributed by atoms with Gasteiger partial charge < -0.3 is 0 Å². The summed E-state index contributed by atoms with van der Waals surface area (Å²) in [4.78, 5) is 21.5. The van der Waals surface area contributed by atoms with Crippen LogP contribution < -0.4 is 0 Å². The molecule has 0 saturated carbocycles. The summed E-state index contributed by atoms with van der Waals surface area (Å²) in [6.07, 6.45) is 27.8. The van der Waals surface area contributed by atoms with Crippen molar-refractivity contribution in [2.24, 2.45) is 0 Å². The lowest BCUT2D eigenvalue weighted by Gasteiger charge is -2.05. The molecule has 0 spiro atoms. The van der Waals surface area contributed by atoms with Crippen molar-refractivity contribution in [1.82, 2.24) is 0 Å². The largest absolute Gasteiger partial charge is 0.342 e. The van der Waals surface area contributed by atoms with E-state index in [1.807, 2.05) is 0 Å². The molecule has 0 fully saturated rings. The van der Waals surface area contributed by atoms with Gasteiger partial charge in [-0.15, -0.1) is 0 Å². The van der Waals surface area contributed by atoms with E-state index in [9.17, 15) is 4.79 Å². The van der Waals surface area contributed by atoms with Gasteiger partial charge in [0.05, 0.1) is 6.61 Å². The Labute approximate surface area is 182 Å². The Balaban J connectivity index is 3.12. The second-order valence-electron chi connectivity index (χ2n) is 8.74. The molecule has 0 heterocycles. The van der Waals surface area contributed by atoms with Gasteiger partial charge in [-0.2, -0.15) is 4.89 Å². The lowest BCUT2D eigenvalue weighted by atomic mass is 10.0. The summed E-state index contributed by atoms with van der Waals surface area (Å²) in [5.74, 6) is -0.203. The van der Waals surface area contributed by atoms with Gasteiger partial charge in [0.15, 0.2) is 0 Å². The van der Waals surface area contributed by atoms with E-state index in [1.54, 1.807) is 0 Å². The zero-order valence-electron chi connectivity index (χ0n) is 20.0. The monoisotopic (exact) mass is 412 g/mol. The molecule has 0 aromatic rings. The van der Waals surface area contributed by atoms with Crippen LogP contribution >= 0.6 is 0 Å². The molecule has 0 amide bonds. The Hall–Kier alpha value is -0.570. The number of hydrogen-bond donors (Lipinski definition) is 0. The molecule has 174 valence electrons. The van der Waals surface area contributed by atoms with E-state index in [4.69, 9.17) is 9.78 Å². The summed E-state index contributed by atoms with van der Waals surface area (Å²) >= 11 is 0. The second kappa shape index (κ2) is 25.5. The summed E-state index contributed by atoms with van der Waals surface area (Å²) in [7, 11) is 0. The highest BCUT2D eigenvalue weighted by Crippen LogP contribution is 2.14. The topological polar surface area (TPSA) is 35.5 Å². The van der Waals surface area contributed by atoms with Gasteiger partial charge in [0.1, 0.15) is 0 Å². The minimum absolute atomic E-state index is 0.203. The first kappa shape index (κ1) is 28.4. The molecule has 0 aliphatic heterocycles. The Morgan fingerprint density at radius 1 is 0.483 bits per heavy atom. The van der Waals surface area contributed by atoms with Crippen molar-refractivity contribution in [3.05, 3.63) is 0 Å². The third-order valence-electron chi connectivity index (χ3n) is 5.72. The van der Waals surface area contributed by atoms with Crippen LogP contribution in [0.3, 0.4) is 0 Å². The highest BCUT2D eigenvalue weighted by molar-refractivity contribution is 5.68. The normalized spacial score (nSPS) is 11.1. The van der Waals surface area contributed by atoms with Gasteiger partial charge in [0, 0.05) is 6.42 Å². The van der Waals surface area contributed by atoms with E-state index in [0.717, 1.165) is 25.7 Å². The fourth-order valence-electron chi connectivity index (χ4n) is 3.73. The van der Waals surface area contributed by atoms with Crippen LogP contribution in [0.1, 0.15) is 155 Å². The minimum Gasteiger partial charge on any atom is -0.298 e. The van der Waals surface area contributed by atoms with Crippen molar-refractivity contribution < 1.29 is 14.6 Å². The Kier molecular flexibility index (Phi) is 25.0. The van der Waals surface area contributed by atoms with Crippen LogP contribution in [0, 0.1) is 0 Å². The van der Waals surface area contributed by atoms with Crippen LogP contribution in [0.2, 0.25) is 0 Å². The van der Waals surface area contributed by atoms with Crippen LogP contribution in [0.25, 0.3) is 0 Å². The number of hydrogen-bond acceptors (Lipinski definition) is 3. The average molecular weight is 413 g/mol. The molecule has 3 nitrogen and oxygen atoms in total. The molecular weight excluding hydrogens is 360 g/mol. The fraction of sp³-hybridized carbons (Fsp3) is 0.962. The molecular formula is C26H52O3. The highest BCUT2D eigenvalue weighted by Gasteiger charge is 2.04. The van der Waals surface area contributed by atoms with E-state index in [2.05, 4.69) is 13.8 Å². The van der Waals surface area contributed by atoms with E-state index in [0.29, 0.717) is 13.0 Å². The zero-order valence-corrected chi connectivity index (χ0v) is 20.0. The van der Waals surface area contributed by atoms with Crippen LogP contribution in [-0.2, 0) is 14.6 Å². The number of rotatable bonds is 24. The predicted octanol–water partition coefficient (Wildman–Crippen LogP) is 9.08. The van der Waals surface area contributed by atoms with Gasteiger partial charge >= 0.3 is 5.97 Å². The first-order valence-electron chi connectivity index (χ1n) is 13.1. The third kappa shape index (κ3) is 25.4. The van der Waals surface area contributed by atoms with Gasteiger partial charge in [-0.25, -0.2) is 4.79 Å². The van der Waals surface area contributed by atoms with Gasteiger partial charge in [-0.05, 0) is 12.8 Å². The van der Waals surface area contributed by atoms with Crippen LogP contribution in [0.15, 0.2) is 0 Å². The summed E-state index contributed by atoms with van der Waals surface area (Å²) < 4.78 is 0. The minimum atomic E-state index is -0.203. The molecule has 0 aliphatic rings. The maximum absolute atomic E-state index is 11.6. The van der Waals surface area contributed by atoms with Gasteiger partial charge in [0.2, 0.25) is 0 Å². The van der Waals surface area contributed by atoms with Crippen LogP contribution in [-0.4, -0.2) is 12.6 Å². The van der Waals surface area contributed by atoms with Crippen LogP contribution in [0.4, 0.5) is 0 Å². The van der Waals surface area contributed by atoms with E-state index < -0.39 is 0 Å². The first-order valence-corrected chi connectivity index (χ1v) is 13.1. The smallest absolute Gasteiger partial charge is 0.298 e. The van der Waals surface area contributed by atoms with Gasteiger partial charge in [-0.3, -0.25) is 4.89 Å². The van der Waals surface area contributed by atoms with Crippen LogP contribution in [0.5, 0.6) is 0 Å². The Bertz CT molecular complexity index is 317. The van der Waals surface area contributed by atoms with Crippen molar-refractivity contribution in [1.29, 1.82) is 0 Å². The maximum atomic E-state index is 11.6. The molecule has 0 N–H and O–H groups in total. The summed E-state index contributed by atoms with van der Waals surface area (Å²) in [6, 6.07) is 0. The quantitative estimate of drug-likeness (QED) is 0.0900. The standard InChI is InChI=1S/C26H52O3/c1-3-5-7-9-11-12-13-14-15-16-17-18-19-20-22-24-26(27)29-28-25-23-21-10-8-6-4-2/h3-25H2,1-2H3.